The molecule has 4 heteroatoms. The molecule has 1 aromatic heterocycles. The lowest BCUT2D eigenvalue weighted by Gasteiger charge is -2.08. The number of rotatable bonds is 5. The van der Waals surface area contributed by atoms with Gasteiger partial charge in [0.25, 0.3) is 5.91 Å². The summed E-state index contributed by atoms with van der Waals surface area (Å²) in [6, 6.07) is 3.98. The van der Waals surface area contributed by atoms with Gasteiger partial charge in [-0.05, 0) is 30.4 Å². The second-order valence-electron chi connectivity index (χ2n) is 5.58. The molecule has 2 N–H and O–H groups in total. The summed E-state index contributed by atoms with van der Waals surface area (Å²) < 4.78 is 0. The number of anilines is 1. The van der Waals surface area contributed by atoms with Crippen LogP contribution in [0.25, 0.3) is 0 Å². The number of carbonyl (C=O) groups is 1. The number of amides is 1. The van der Waals surface area contributed by atoms with E-state index in [1.807, 2.05) is 6.07 Å². The number of hydrogen-bond donors (Lipinski definition) is 2. The third-order valence-corrected chi connectivity index (χ3v) is 3.39. The SMILES string of the molecule is CCCNc1ccnc(C(=O)NC2CC2(C)C)c1. The van der Waals surface area contributed by atoms with Crippen molar-refractivity contribution < 1.29 is 4.79 Å². The van der Waals surface area contributed by atoms with Crippen molar-refractivity contribution in [2.45, 2.75) is 39.7 Å². The Morgan fingerprint density at radius 2 is 2.28 bits per heavy atom. The highest BCUT2D eigenvalue weighted by atomic mass is 16.2. The lowest BCUT2D eigenvalue weighted by Crippen LogP contribution is -2.29. The third kappa shape index (κ3) is 3.00. The summed E-state index contributed by atoms with van der Waals surface area (Å²) >= 11 is 0. The van der Waals surface area contributed by atoms with Gasteiger partial charge in [-0.15, -0.1) is 0 Å². The summed E-state index contributed by atoms with van der Waals surface area (Å²) in [4.78, 5) is 16.1. The topological polar surface area (TPSA) is 54.0 Å². The molecule has 0 aliphatic heterocycles. The van der Waals surface area contributed by atoms with Crippen molar-refractivity contribution in [3.05, 3.63) is 24.0 Å². The van der Waals surface area contributed by atoms with E-state index in [1.54, 1.807) is 12.3 Å². The van der Waals surface area contributed by atoms with E-state index in [1.165, 1.54) is 0 Å². The number of carbonyl (C=O) groups excluding carboxylic acids is 1. The van der Waals surface area contributed by atoms with Gasteiger partial charge in [-0.25, -0.2) is 0 Å². The first kappa shape index (κ1) is 12.9. The Morgan fingerprint density at radius 1 is 1.56 bits per heavy atom. The van der Waals surface area contributed by atoms with Crippen molar-refractivity contribution in [2.75, 3.05) is 11.9 Å². The highest BCUT2D eigenvalue weighted by molar-refractivity contribution is 5.93. The molecule has 1 aliphatic rings. The van der Waals surface area contributed by atoms with Gasteiger partial charge in [0.2, 0.25) is 0 Å². The number of nitrogens with one attached hydrogen (secondary N) is 2. The Hall–Kier alpha value is -1.58. The maximum Gasteiger partial charge on any atom is 0.270 e. The van der Waals surface area contributed by atoms with E-state index in [0.29, 0.717) is 11.7 Å². The predicted octanol–water partition coefficient (Wildman–Crippen LogP) is 2.43. The predicted molar refractivity (Wildman–Crippen MR) is 72.7 cm³/mol. The van der Waals surface area contributed by atoms with Gasteiger partial charge >= 0.3 is 0 Å². The van der Waals surface area contributed by atoms with Crippen molar-refractivity contribution in [1.29, 1.82) is 0 Å². The van der Waals surface area contributed by atoms with Crippen molar-refractivity contribution >= 4 is 11.6 Å². The molecule has 1 amide bonds. The van der Waals surface area contributed by atoms with Crippen molar-refractivity contribution in [2.24, 2.45) is 5.41 Å². The molecule has 4 nitrogen and oxygen atoms in total. The van der Waals surface area contributed by atoms with Crippen LogP contribution in [0.4, 0.5) is 5.69 Å². The van der Waals surface area contributed by atoms with Gasteiger partial charge in [0.15, 0.2) is 0 Å². The summed E-state index contributed by atoms with van der Waals surface area (Å²) in [7, 11) is 0. The lowest BCUT2D eigenvalue weighted by molar-refractivity contribution is 0.0941. The Morgan fingerprint density at radius 3 is 2.89 bits per heavy atom. The molecule has 2 rings (SSSR count). The van der Waals surface area contributed by atoms with Crippen LogP contribution in [0.15, 0.2) is 18.3 Å². The van der Waals surface area contributed by atoms with E-state index in [-0.39, 0.29) is 11.3 Å². The molecular formula is C14H21N3O. The standard InChI is InChI=1S/C14H21N3O/c1-4-6-15-10-5-7-16-11(8-10)13(18)17-12-9-14(12,2)3/h5,7-8,12H,4,6,9H2,1-3H3,(H,15,16)(H,17,18). The van der Waals surface area contributed by atoms with E-state index in [2.05, 4.69) is 36.4 Å². The van der Waals surface area contributed by atoms with Gasteiger partial charge in [0, 0.05) is 24.5 Å². The number of nitrogens with zero attached hydrogens (tertiary/aromatic N) is 1. The van der Waals surface area contributed by atoms with Crippen molar-refractivity contribution in [3.63, 3.8) is 0 Å². The van der Waals surface area contributed by atoms with Crippen molar-refractivity contribution in [1.82, 2.24) is 10.3 Å². The van der Waals surface area contributed by atoms with Crippen LogP contribution in [0.1, 0.15) is 44.1 Å². The van der Waals surface area contributed by atoms with Crippen LogP contribution in [-0.2, 0) is 0 Å². The molecule has 1 fully saturated rings. The minimum atomic E-state index is -0.0780. The zero-order valence-corrected chi connectivity index (χ0v) is 11.3. The van der Waals surface area contributed by atoms with E-state index in [9.17, 15) is 4.79 Å². The zero-order valence-electron chi connectivity index (χ0n) is 11.3. The van der Waals surface area contributed by atoms with Gasteiger partial charge in [-0.1, -0.05) is 20.8 Å². The lowest BCUT2D eigenvalue weighted by atomic mass is 10.2. The maximum atomic E-state index is 12.0. The first-order chi connectivity index (χ1) is 8.53. The number of aromatic nitrogens is 1. The molecule has 0 aromatic carbocycles. The molecule has 0 saturated heterocycles. The van der Waals surface area contributed by atoms with Crippen LogP contribution >= 0.6 is 0 Å². The van der Waals surface area contributed by atoms with Crippen LogP contribution in [0.3, 0.4) is 0 Å². The molecule has 0 bridgehead atoms. The Balaban J connectivity index is 1.97. The second kappa shape index (κ2) is 4.96. The van der Waals surface area contributed by atoms with Crippen LogP contribution in [0, 0.1) is 5.41 Å². The van der Waals surface area contributed by atoms with Gasteiger partial charge in [0.05, 0.1) is 0 Å². The summed E-state index contributed by atoms with van der Waals surface area (Å²) in [5, 5.41) is 6.27. The van der Waals surface area contributed by atoms with Crippen molar-refractivity contribution in [3.8, 4) is 0 Å². The van der Waals surface area contributed by atoms with Gasteiger partial charge in [-0.3, -0.25) is 9.78 Å². The Bertz CT molecular complexity index is 442. The fourth-order valence-corrected chi connectivity index (χ4v) is 1.88. The first-order valence-corrected chi connectivity index (χ1v) is 6.54. The summed E-state index contributed by atoms with van der Waals surface area (Å²) in [6.07, 6.45) is 3.78. The first-order valence-electron chi connectivity index (χ1n) is 6.54. The molecule has 0 spiro atoms. The Labute approximate surface area is 108 Å². The number of pyridine rings is 1. The van der Waals surface area contributed by atoms with E-state index < -0.39 is 0 Å². The van der Waals surface area contributed by atoms with E-state index >= 15 is 0 Å². The summed E-state index contributed by atoms with van der Waals surface area (Å²) in [6.45, 7) is 7.33. The average Bonchev–Trinajstić information content (AvgIpc) is 2.94. The molecule has 18 heavy (non-hydrogen) atoms. The quantitative estimate of drug-likeness (QED) is 0.840. The maximum absolute atomic E-state index is 12.0. The van der Waals surface area contributed by atoms with Crippen LogP contribution in [0.2, 0.25) is 0 Å². The fourth-order valence-electron chi connectivity index (χ4n) is 1.88. The van der Waals surface area contributed by atoms with Gasteiger partial charge < -0.3 is 10.6 Å². The fraction of sp³-hybridized carbons (Fsp3) is 0.571. The monoisotopic (exact) mass is 247 g/mol. The normalized spacial score (nSPS) is 20.3. The van der Waals surface area contributed by atoms with Crippen LogP contribution < -0.4 is 10.6 Å². The van der Waals surface area contributed by atoms with E-state index in [4.69, 9.17) is 0 Å². The molecular weight excluding hydrogens is 226 g/mol. The van der Waals surface area contributed by atoms with Gasteiger partial charge in [-0.2, -0.15) is 0 Å². The molecule has 1 saturated carbocycles. The average molecular weight is 247 g/mol. The molecule has 1 heterocycles. The molecule has 1 aromatic rings. The highest BCUT2D eigenvalue weighted by Crippen LogP contribution is 2.44. The second-order valence-corrected chi connectivity index (χ2v) is 5.58. The smallest absolute Gasteiger partial charge is 0.270 e. The molecule has 98 valence electrons. The highest BCUT2D eigenvalue weighted by Gasteiger charge is 2.46. The minimum absolute atomic E-state index is 0.0780. The van der Waals surface area contributed by atoms with Crippen LogP contribution in [0.5, 0.6) is 0 Å². The van der Waals surface area contributed by atoms with Gasteiger partial charge in [0.1, 0.15) is 5.69 Å². The zero-order chi connectivity index (χ0) is 13.2. The Kier molecular flexibility index (Phi) is 3.55. The van der Waals surface area contributed by atoms with Crippen LogP contribution in [-0.4, -0.2) is 23.5 Å². The minimum Gasteiger partial charge on any atom is -0.385 e. The largest absolute Gasteiger partial charge is 0.385 e. The molecule has 1 unspecified atom stereocenters. The molecule has 1 aliphatic carbocycles. The summed E-state index contributed by atoms with van der Waals surface area (Å²) in [5.41, 5.74) is 1.68. The number of hydrogen-bond acceptors (Lipinski definition) is 3. The van der Waals surface area contributed by atoms with E-state index in [0.717, 1.165) is 25.1 Å². The molecule has 0 radical (unpaired) electrons. The third-order valence-electron chi connectivity index (χ3n) is 3.39. The summed E-state index contributed by atoms with van der Waals surface area (Å²) in [5.74, 6) is -0.0780. The molecule has 1 atom stereocenters.